The number of anilines is 2. The average molecular weight is 239 g/mol. The van der Waals surface area contributed by atoms with Gasteiger partial charge in [-0.2, -0.15) is 15.0 Å². The van der Waals surface area contributed by atoms with E-state index in [1.165, 1.54) is 7.11 Å². The molecule has 0 aliphatic heterocycles. The molecule has 7 heteroatoms. The van der Waals surface area contributed by atoms with Crippen LogP contribution in [-0.4, -0.2) is 53.4 Å². The van der Waals surface area contributed by atoms with Crippen LogP contribution in [0.1, 0.15) is 12.8 Å². The third-order valence-corrected chi connectivity index (χ3v) is 2.59. The molecule has 0 amide bonds. The van der Waals surface area contributed by atoms with Crippen molar-refractivity contribution in [2.45, 2.75) is 18.9 Å². The second kappa shape index (κ2) is 5.13. The van der Waals surface area contributed by atoms with Crippen LogP contribution in [0, 0.1) is 0 Å². The molecule has 1 saturated carbocycles. The molecule has 1 aliphatic carbocycles. The molecule has 17 heavy (non-hydrogen) atoms. The highest BCUT2D eigenvalue weighted by atomic mass is 16.5. The first-order chi connectivity index (χ1) is 8.28. The lowest BCUT2D eigenvalue weighted by Crippen LogP contribution is -2.31. The molecule has 7 nitrogen and oxygen atoms in total. The summed E-state index contributed by atoms with van der Waals surface area (Å²) in [7, 11) is 3.26. The molecule has 1 aliphatic rings. The predicted molar refractivity (Wildman–Crippen MR) is 63.4 cm³/mol. The molecule has 0 spiro atoms. The van der Waals surface area contributed by atoms with Crippen LogP contribution < -0.4 is 15.0 Å². The van der Waals surface area contributed by atoms with Crippen LogP contribution in [-0.2, 0) is 0 Å². The molecule has 0 aromatic carbocycles. The molecule has 94 valence electrons. The van der Waals surface area contributed by atoms with Crippen LogP contribution in [0.5, 0.6) is 6.01 Å². The molecule has 1 aromatic rings. The molecule has 0 unspecified atom stereocenters. The highest BCUT2D eigenvalue weighted by Crippen LogP contribution is 2.30. The van der Waals surface area contributed by atoms with E-state index in [1.807, 2.05) is 4.90 Å². The van der Waals surface area contributed by atoms with E-state index in [9.17, 15) is 0 Å². The zero-order valence-corrected chi connectivity index (χ0v) is 10.1. The Morgan fingerprint density at radius 1 is 1.41 bits per heavy atom. The summed E-state index contributed by atoms with van der Waals surface area (Å²) in [5.41, 5.74) is 0. The van der Waals surface area contributed by atoms with Gasteiger partial charge in [-0.25, -0.2) is 0 Å². The Bertz CT molecular complexity index is 361. The molecule has 2 rings (SSSR count). The van der Waals surface area contributed by atoms with Gasteiger partial charge in [0, 0.05) is 19.6 Å². The molecular formula is C10H17N5O2. The number of aliphatic hydroxyl groups is 1. The predicted octanol–water partition coefficient (Wildman–Crippen LogP) is -0.117. The van der Waals surface area contributed by atoms with Crippen molar-refractivity contribution in [2.24, 2.45) is 0 Å². The first-order valence-corrected chi connectivity index (χ1v) is 5.63. The molecular weight excluding hydrogens is 222 g/mol. The van der Waals surface area contributed by atoms with Crippen LogP contribution in [0.3, 0.4) is 0 Å². The normalized spacial score (nSPS) is 14.5. The number of aromatic nitrogens is 3. The maximum atomic E-state index is 9.07. The van der Waals surface area contributed by atoms with E-state index in [2.05, 4.69) is 20.3 Å². The third kappa shape index (κ3) is 2.73. The average Bonchev–Trinajstić information content (AvgIpc) is 3.19. The lowest BCUT2D eigenvalue weighted by atomic mass is 10.5. The second-order valence-corrected chi connectivity index (χ2v) is 3.84. The van der Waals surface area contributed by atoms with Gasteiger partial charge in [-0.05, 0) is 12.8 Å². The van der Waals surface area contributed by atoms with E-state index in [4.69, 9.17) is 9.84 Å². The van der Waals surface area contributed by atoms with Gasteiger partial charge in [-0.1, -0.05) is 0 Å². The van der Waals surface area contributed by atoms with Gasteiger partial charge in [0.1, 0.15) is 0 Å². The van der Waals surface area contributed by atoms with E-state index in [-0.39, 0.29) is 12.6 Å². The summed E-state index contributed by atoms with van der Waals surface area (Å²) in [5, 5.41) is 11.9. The number of ether oxygens (including phenoxy) is 1. The molecule has 0 bridgehead atoms. The lowest BCUT2D eigenvalue weighted by Gasteiger charge is -2.21. The van der Waals surface area contributed by atoms with Crippen molar-refractivity contribution in [1.29, 1.82) is 0 Å². The van der Waals surface area contributed by atoms with Gasteiger partial charge >= 0.3 is 6.01 Å². The number of nitrogens with one attached hydrogen (secondary N) is 1. The zero-order chi connectivity index (χ0) is 12.3. The fourth-order valence-electron chi connectivity index (χ4n) is 1.62. The summed E-state index contributed by atoms with van der Waals surface area (Å²) < 4.78 is 5.03. The Balaban J connectivity index is 2.27. The summed E-state index contributed by atoms with van der Waals surface area (Å²) in [6, 6.07) is 0.710. The first kappa shape index (κ1) is 11.8. The van der Waals surface area contributed by atoms with Crippen LogP contribution in [0.15, 0.2) is 0 Å². The zero-order valence-electron chi connectivity index (χ0n) is 10.1. The van der Waals surface area contributed by atoms with Crippen LogP contribution >= 0.6 is 0 Å². The quantitative estimate of drug-likeness (QED) is 0.716. The molecule has 0 radical (unpaired) electrons. The maximum Gasteiger partial charge on any atom is 0.322 e. The van der Waals surface area contributed by atoms with Crippen LogP contribution in [0.4, 0.5) is 11.9 Å². The van der Waals surface area contributed by atoms with E-state index in [0.29, 0.717) is 24.5 Å². The van der Waals surface area contributed by atoms with Gasteiger partial charge < -0.3 is 20.1 Å². The van der Waals surface area contributed by atoms with Crippen molar-refractivity contribution < 1.29 is 9.84 Å². The molecule has 1 heterocycles. The molecule has 0 saturated heterocycles. The van der Waals surface area contributed by atoms with Crippen molar-refractivity contribution in [2.75, 3.05) is 37.5 Å². The highest BCUT2D eigenvalue weighted by Gasteiger charge is 2.31. The summed E-state index contributed by atoms with van der Waals surface area (Å²) in [6.45, 7) is 0.611. The number of rotatable bonds is 6. The Hall–Kier alpha value is -1.63. The fraction of sp³-hybridized carbons (Fsp3) is 0.700. The van der Waals surface area contributed by atoms with Gasteiger partial charge in [0.15, 0.2) is 0 Å². The summed E-state index contributed by atoms with van der Waals surface area (Å²) in [5.74, 6) is 1.02. The number of nitrogens with zero attached hydrogens (tertiary/aromatic N) is 4. The fourth-order valence-corrected chi connectivity index (χ4v) is 1.62. The van der Waals surface area contributed by atoms with Gasteiger partial charge in [0.2, 0.25) is 11.9 Å². The Morgan fingerprint density at radius 3 is 2.71 bits per heavy atom. The Morgan fingerprint density at radius 2 is 2.18 bits per heavy atom. The number of aliphatic hydroxyl groups excluding tert-OH is 1. The summed E-state index contributed by atoms with van der Waals surface area (Å²) in [4.78, 5) is 14.5. The van der Waals surface area contributed by atoms with Crippen molar-refractivity contribution in [3.8, 4) is 6.01 Å². The van der Waals surface area contributed by atoms with Gasteiger partial charge in [0.25, 0.3) is 0 Å². The third-order valence-electron chi connectivity index (χ3n) is 2.59. The standard InChI is InChI=1S/C10H17N5O2/c1-11-8-12-9(14-10(13-8)17-2)15(5-6-16)7-3-4-7/h7,16H,3-6H2,1-2H3,(H,11,12,13,14). The van der Waals surface area contributed by atoms with Crippen molar-refractivity contribution in [3.05, 3.63) is 0 Å². The minimum absolute atomic E-state index is 0.0827. The van der Waals surface area contributed by atoms with E-state index < -0.39 is 0 Å². The molecule has 1 fully saturated rings. The van der Waals surface area contributed by atoms with Gasteiger partial charge in [-0.3, -0.25) is 0 Å². The molecule has 2 N–H and O–H groups in total. The summed E-state index contributed by atoms with van der Waals surface area (Å²) >= 11 is 0. The van der Waals surface area contributed by atoms with Crippen molar-refractivity contribution in [1.82, 2.24) is 15.0 Å². The minimum atomic E-state index is 0.0827. The Labute approximate surface area is 99.9 Å². The second-order valence-electron chi connectivity index (χ2n) is 3.84. The van der Waals surface area contributed by atoms with E-state index >= 15 is 0 Å². The topological polar surface area (TPSA) is 83.4 Å². The van der Waals surface area contributed by atoms with Gasteiger partial charge in [-0.15, -0.1) is 0 Å². The van der Waals surface area contributed by atoms with Crippen LogP contribution in [0.2, 0.25) is 0 Å². The number of hydrogen-bond acceptors (Lipinski definition) is 7. The van der Waals surface area contributed by atoms with Crippen LogP contribution in [0.25, 0.3) is 0 Å². The van der Waals surface area contributed by atoms with Gasteiger partial charge in [0.05, 0.1) is 13.7 Å². The maximum absolute atomic E-state index is 9.07. The largest absolute Gasteiger partial charge is 0.467 e. The number of hydrogen-bond donors (Lipinski definition) is 2. The minimum Gasteiger partial charge on any atom is -0.467 e. The summed E-state index contributed by atoms with van der Waals surface area (Å²) in [6.07, 6.45) is 2.23. The smallest absolute Gasteiger partial charge is 0.322 e. The van der Waals surface area contributed by atoms with E-state index in [1.54, 1.807) is 7.05 Å². The Kier molecular flexibility index (Phi) is 3.58. The van der Waals surface area contributed by atoms with E-state index in [0.717, 1.165) is 12.8 Å². The SMILES string of the molecule is CNc1nc(OC)nc(N(CCO)C2CC2)n1. The molecule has 0 atom stereocenters. The molecule has 1 aromatic heterocycles. The highest BCUT2D eigenvalue weighted by molar-refractivity contribution is 5.40. The van der Waals surface area contributed by atoms with Crippen molar-refractivity contribution in [3.63, 3.8) is 0 Å². The van der Waals surface area contributed by atoms with Crippen molar-refractivity contribution >= 4 is 11.9 Å². The first-order valence-electron chi connectivity index (χ1n) is 5.63. The lowest BCUT2D eigenvalue weighted by molar-refractivity contribution is 0.300. The monoisotopic (exact) mass is 239 g/mol. The number of methoxy groups -OCH3 is 1.